The first kappa shape index (κ1) is 27.2. The molecule has 3 amide bonds. The summed E-state index contributed by atoms with van der Waals surface area (Å²) in [5.41, 5.74) is 5.92. The quantitative estimate of drug-likeness (QED) is 0.218. The number of ether oxygens (including phenoxy) is 2. The molecule has 0 saturated heterocycles. The second-order valence-corrected chi connectivity index (χ2v) is 8.32. The monoisotopic (exact) mass is 522 g/mol. The third-order valence-electron chi connectivity index (χ3n) is 5.17. The Labute approximate surface area is 219 Å². The molecule has 0 radical (unpaired) electrons. The van der Waals surface area contributed by atoms with Crippen LogP contribution < -0.4 is 25.5 Å². The molecule has 0 aliphatic carbocycles. The Balaban J connectivity index is 1.57. The predicted octanol–water partition coefficient (Wildman–Crippen LogP) is 4.46. The highest BCUT2D eigenvalue weighted by molar-refractivity contribution is 6.39. The molecule has 3 rings (SSSR count). The minimum atomic E-state index is -0.948. The van der Waals surface area contributed by atoms with E-state index in [1.54, 1.807) is 36.4 Å². The van der Waals surface area contributed by atoms with E-state index in [1.165, 1.54) is 12.3 Å². The van der Waals surface area contributed by atoms with Crippen LogP contribution in [0, 0.1) is 13.8 Å². The molecule has 0 bridgehead atoms. The van der Waals surface area contributed by atoms with Gasteiger partial charge in [-0.1, -0.05) is 29.8 Å². The summed E-state index contributed by atoms with van der Waals surface area (Å²) < 4.78 is 11.3. The first-order valence-corrected chi connectivity index (χ1v) is 11.8. The van der Waals surface area contributed by atoms with Crippen LogP contribution in [-0.2, 0) is 14.4 Å². The molecule has 37 heavy (non-hydrogen) atoms. The van der Waals surface area contributed by atoms with Crippen LogP contribution in [-0.4, -0.2) is 37.1 Å². The molecular formula is C27H27ClN4O5. The Morgan fingerprint density at radius 3 is 2.46 bits per heavy atom. The van der Waals surface area contributed by atoms with Crippen LogP contribution in [0.25, 0.3) is 0 Å². The molecule has 9 nitrogen and oxygen atoms in total. The van der Waals surface area contributed by atoms with Crippen molar-refractivity contribution in [1.29, 1.82) is 0 Å². The van der Waals surface area contributed by atoms with E-state index in [1.807, 2.05) is 39.0 Å². The van der Waals surface area contributed by atoms with Crippen LogP contribution in [0.2, 0.25) is 5.02 Å². The van der Waals surface area contributed by atoms with Crippen molar-refractivity contribution in [2.45, 2.75) is 20.8 Å². The summed E-state index contributed by atoms with van der Waals surface area (Å²) in [4.78, 5) is 36.4. The lowest BCUT2D eigenvalue weighted by Gasteiger charge is -2.14. The molecule has 3 aromatic rings. The molecule has 3 N–H and O–H groups in total. The maximum atomic E-state index is 12.4. The number of benzene rings is 3. The molecule has 0 unspecified atom stereocenters. The van der Waals surface area contributed by atoms with Gasteiger partial charge >= 0.3 is 11.8 Å². The number of amides is 3. The molecule has 0 aromatic heterocycles. The lowest BCUT2D eigenvalue weighted by molar-refractivity contribution is -0.136. The van der Waals surface area contributed by atoms with Crippen LogP contribution in [0.1, 0.15) is 23.6 Å². The maximum absolute atomic E-state index is 12.4. The van der Waals surface area contributed by atoms with Gasteiger partial charge in [0, 0.05) is 16.4 Å². The summed E-state index contributed by atoms with van der Waals surface area (Å²) >= 11 is 5.87. The summed E-state index contributed by atoms with van der Waals surface area (Å²) in [7, 11) is 0. The number of rotatable bonds is 9. The number of hydrogen-bond acceptors (Lipinski definition) is 6. The fourth-order valence-electron chi connectivity index (χ4n) is 3.18. The normalized spacial score (nSPS) is 10.6. The Bertz CT molecular complexity index is 1330. The van der Waals surface area contributed by atoms with Crippen LogP contribution in [0.15, 0.2) is 65.8 Å². The van der Waals surface area contributed by atoms with E-state index < -0.39 is 11.8 Å². The molecule has 0 atom stereocenters. The van der Waals surface area contributed by atoms with E-state index in [0.717, 1.165) is 16.8 Å². The van der Waals surface area contributed by atoms with E-state index in [-0.39, 0.29) is 12.5 Å². The number of anilines is 2. The molecule has 3 aromatic carbocycles. The zero-order chi connectivity index (χ0) is 26.8. The first-order chi connectivity index (χ1) is 17.8. The molecule has 0 aliphatic rings. The zero-order valence-electron chi connectivity index (χ0n) is 20.6. The predicted molar refractivity (Wildman–Crippen MR) is 143 cm³/mol. The van der Waals surface area contributed by atoms with Gasteiger partial charge in [0.1, 0.15) is 0 Å². The van der Waals surface area contributed by atoms with E-state index in [2.05, 4.69) is 21.2 Å². The van der Waals surface area contributed by atoms with Gasteiger partial charge in [0.05, 0.1) is 12.8 Å². The Kier molecular flexibility index (Phi) is 9.62. The first-order valence-electron chi connectivity index (χ1n) is 11.4. The van der Waals surface area contributed by atoms with Crippen molar-refractivity contribution >= 4 is 46.9 Å². The second-order valence-electron chi connectivity index (χ2n) is 7.89. The van der Waals surface area contributed by atoms with E-state index in [9.17, 15) is 14.4 Å². The highest BCUT2D eigenvalue weighted by Crippen LogP contribution is 2.28. The van der Waals surface area contributed by atoms with Crippen molar-refractivity contribution in [3.63, 3.8) is 0 Å². The van der Waals surface area contributed by atoms with Crippen LogP contribution in [0.4, 0.5) is 11.4 Å². The highest BCUT2D eigenvalue weighted by atomic mass is 35.5. The van der Waals surface area contributed by atoms with Gasteiger partial charge in [-0.25, -0.2) is 5.43 Å². The molecule has 10 heteroatoms. The average Bonchev–Trinajstić information content (AvgIpc) is 2.86. The van der Waals surface area contributed by atoms with Crippen molar-refractivity contribution in [2.24, 2.45) is 5.10 Å². The number of carbonyl (C=O) groups is 3. The molecular weight excluding hydrogens is 496 g/mol. The van der Waals surface area contributed by atoms with Gasteiger partial charge in [0.15, 0.2) is 18.1 Å². The summed E-state index contributed by atoms with van der Waals surface area (Å²) in [6.07, 6.45) is 1.35. The van der Waals surface area contributed by atoms with Gasteiger partial charge in [-0.3, -0.25) is 14.4 Å². The number of nitrogens with zero attached hydrogens (tertiary/aromatic N) is 1. The van der Waals surface area contributed by atoms with Gasteiger partial charge in [0.25, 0.3) is 5.91 Å². The maximum Gasteiger partial charge on any atom is 0.329 e. The Morgan fingerprint density at radius 2 is 1.70 bits per heavy atom. The number of hydrazone groups is 1. The number of halogens is 1. The van der Waals surface area contributed by atoms with Crippen LogP contribution >= 0.6 is 11.6 Å². The van der Waals surface area contributed by atoms with Gasteiger partial charge in [-0.15, -0.1) is 0 Å². The SMILES string of the molecule is CCOc1cc(/C=N\NC(=O)C(=O)Nc2cccc(Cl)c2)ccc1OCC(=O)Nc1cccc(C)c1C. The second kappa shape index (κ2) is 13.1. The lowest BCUT2D eigenvalue weighted by Crippen LogP contribution is -2.32. The topological polar surface area (TPSA) is 118 Å². The van der Waals surface area contributed by atoms with Crippen molar-refractivity contribution in [3.05, 3.63) is 82.4 Å². The number of nitrogens with one attached hydrogen (secondary N) is 3. The minimum Gasteiger partial charge on any atom is -0.490 e. The van der Waals surface area contributed by atoms with Crippen molar-refractivity contribution in [2.75, 3.05) is 23.8 Å². The summed E-state index contributed by atoms with van der Waals surface area (Å²) in [5.74, 6) is -1.37. The summed E-state index contributed by atoms with van der Waals surface area (Å²) in [6, 6.07) is 17.0. The largest absolute Gasteiger partial charge is 0.490 e. The van der Waals surface area contributed by atoms with Crippen molar-refractivity contribution in [3.8, 4) is 11.5 Å². The fourth-order valence-corrected chi connectivity index (χ4v) is 3.37. The number of hydrogen-bond donors (Lipinski definition) is 3. The molecule has 0 fully saturated rings. The summed E-state index contributed by atoms with van der Waals surface area (Å²) in [5, 5.41) is 9.52. The zero-order valence-corrected chi connectivity index (χ0v) is 21.4. The molecule has 192 valence electrons. The Morgan fingerprint density at radius 1 is 0.919 bits per heavy atom. The van der Waals surface area contributed by atoms with Gasteiger partial charge in [0.2, 0.25) is 0 Å². The molecule has 0 aliphatic heterocycles. The van der Waals surface area contributed by atoms with E-state index >= 15 is 0 Å². The van der Waals surface area contributed by atoms with Gasteiger partial charge in [-0.2, -0.15) is 5.10 Å². The lowest BCUT2D eigenvalue weighted by atomic mass is 10.1. The van der Waals surface area contributed by atoms with Crippen LogP contribution in [0.5, 0.6) is 11.5 Å². The third-order valence-corrected chi connectivity index (χ3v) is 5.41. The summed E-state index contributed by atoms with van der Waals surface area (Å²) in [6.45, 7) is 5.89. The molecule has 0 spiro atoms. The molecule has 0 heterocycles. The van der Waals surface area contributed by atoms with Crippen molar-refractivity contribution in [1.82, 2.24) is 5.43 Å². The van der Waals surface area contributed by atoms with E-state index in [0.29, 0.717) is 34.4 Å². The smallest absolute Gasteiger partial charge is 0.329 e. The van der Waals surface area contributed by atoms with E-state index in [4.69, 9.17) is 21.1 Å². The van der Waals surface area contributed by atoms with Gasteiger partial charge < -0.3 is 20.1 Å². The molecule has 0 saturated carbocycles. The Hall–Kier alpha value is -4.37. The van der Waals surface area contributed by atoms with Crippen molar-refractivity contribution < 1.29 is 23.9 Å². The van der Waals surface area contributed by atoms with Crippen LogP contribution in [0.3, 0.4) is 0 Å². The van der Waals surface area contributed by atoms with Gasteiger partial charge in [-0.05, 0) is 79.9 Å². The standard InChI is InChI=1S/C27H27ClN4O5/c1-4-36-24-13-19(15-29-32-27(35)26(34)30-21-9-6-8-20(28)14-21)11-12-23(24)37-16-25(33)31-22-10-5-7-17(2)18(22)3/h5-15H,4,16H2,1-3H3,(H,30,34)(H,31,33)(H,32,35)/b29-15-. The highest BCUT2D eigenvalue weighted by Gasteiger charge is 2.14. The third kappa shape index (κ3) is 8.08. The fraction of sp³-hybridized carbons (Fsp3) is 0.185. The number of aryl methyl sites for hydroxylation is 1. The number of carbonyl (C=O) groups excluding carboxylic acids is 3. The minimum absolute atomic E-state index is 0.210. The average molecular weight is 523 g/mol.